The minimum Gasteiger partial charge on any atom is -0.399 e. The Balaban J connectivity index is 0.00000151. The monoisotopic (exact) mass is 514 g/mol. The molecule has 4 aromatic rings. The predicted molar refractivity (Wildman–Crippen MR) is 167 cm³/mol. The number of rotatable bonds is 6. The second kappa shape index (κ2) is 11.1. The lowest BCUT2D eigenvalue weighted by atomic mass is 10.0. The third kappa shape index (κ3) is 5.42. The number of hydrogen-bond acceptors (Lipinski definition) is 4. The van der Waals surface area contributed by atoms with Crippen molar-refractivity contribution < 1.29 is 0 Å². The molecule has 0 spiro atoms. The number of nitrogen functional groups attached to an aromatic ring is 2. The van der Waals surface area contributed by atoms with E-state index in [0.29, 0.717) is 11.8 Å². The predicted octanol–water partition coefficient (Wildman–Crippen LogP) is 8.89. The summed E-state index contributed by atoms with van der Waals surface area (Å²) in [4.78, 5) is 4.77. The highest BCUT2D eigenvalue weighted by molar-refractivity contribution is 5.75. The highest BCUT2D eigenvalue weighted by atomic mass is 15.2. The van der Waals surface area contributed by atoms with Crippen LogP contribution in [0.15, 0.2) is 121 Å². The van der Waals surface area contributed by atoms with Crippen LogP contribution in [0.2, 0.25) is 0 Å². The Labute approximate surface area is 232 Å². The minimum absolute atomic E-state index is 0.438. The average Bonchev–Trinajstić information content (AvgIpc) is 3.77. The smallest absolute Gasteiger partial charge is 0.0460 e. The molecule has 1 saturated carbocycles. The molecule has 6 rings (SSSR count). The summed E-state index contributed by atoms with van der Waals surface area (Å²) in [7, 11) is 0. The van der Waals surface area contributed by atoms with Crippen LogP contribution in [0, 0.1) is 25.7 Å². The van der Waals surface area contributed by atoms with Gasteiger partial charge in [-0.15, -0.1) is 0 Å². The van der Waals surface area contributed by atoms with Crippen molar-refractivity contribution in [3.63, 3.8) is 0 Å². The number of fused-ring (bicyclic) bond motifs is 1. The number of aryl methyl sites for hydroxylation is 2. The van der Waals surface area contributed by atoms with Crippen molar-refractivity contribution in [1.82, 2.24) is 0 Å². The maximum atomic E-state index is 6.02. The van der Waals surface area contributed by atoms with Gasteiger partial charge in [0.05, 0.1) is 0 Å². The molecule has 4 aromatic carbocycles. The van der Waals surface area contributed by atoms with Gasteiger partial charge in [0.1, 0.15) is 0 Å². The van der Waals surface area contributed by atoms with E-state index in [-0.39, 0.29) is 0 Å². The molecule has 0 radical (unpaired) electrons. The molecule has 0 aliphatic heterocycles. The lowest BCUT2D eigenvalue weighted by Crippen LogP contribution is -2.24. The van der Waals surface area contributed by atoms with Crippen LogP contribution >= 0.6 is 0 Å². The van der Waals surface area contributed by atoms with E-state index in [1.54, 1.807) is 0 Å². The largest absolute Gasteiger partial charge is 0.399 e. The van der Waals surface area contributed by atoms with Gasteiger partial charge in [0.2, 0.25) is 0 Å². The van der Waals surface area contributed by atoms with Crippen molar-refractivity contribution in [2.45, 2.75) is 34.1 Å². The van der Waals surface area contributed by atoms with E-state index in [1.165, 1.54) is 33.9 Å². The Kier molecular flexibility index (Phi) is 7.47. The van der Waals surface area contributed by atoms with Crippen molar-refractivity contribution in [3.05, 3.63) is 132 Å². The Bertz CT molecular complexity index is 1260. The van der Waals surface area contributed by atoms with Crippen LogP contribution in [0.1, 0.15) is 31.4 Å². The molecule has 0 bridgehead atoms. The number of hydrogen-bond donors (Lipinski definition) is 2. The molecule has 2 aliphatic carbocycles. The molecule has 0 saturated heterocycles. The van der Waals surface area contributed by atoms with Gasteiger partial charge in [0.15, 0.2) is 0 Å². The molecule has 39 heavy (non-hydrogen) atoms. The maximum Gasteiger partial charge on any atom is 0.0460 e. The first-order valence-corrected chi connectivity index (χ1v) is 13.8. The molecule has 4 N–H and O–H groups in total. The zero-order valence-corrected chi connectivity index (χ0v) is 23.3. The summed E-state index contributed by atoms with van der Waals surface area (Å²) in [6.45, 7) is 8.27. The Morgan fingerprint density at radius 3 is 1.08 bits per heavy atom. The van der Waals surface area contributed by atoms with Crippen molar-refractivity contribution in [1.29, 1.82) is 0 Å². The topological polar surface area (TPSA) is 58.5 Å². The minimum atomic E-state index is 0.438. The quantitative estimate of drug-likeness (QED) is 0.252. The van der Waals surface area contributed by atoms with Crippen molar-refractivity contribution in [2.24, 2.45) is 11.8 Å². The lowest BCUT2D eigenvalue weighted by molar-refractivity contribution is 0.813. The van der Waals surface area contributed by atoms with Crippen LogP contribution in [0.3, 0.4) is 0 Å². The number of anilines is 6. The summed E-state index contributed by atoms with van der Waals surface area (Å²) < 4.78 is 0. The van der Waals surface area contributed by atoms with E-state index in [2.05, 4.69) is 109 Å². The molecule has 0 amide bonds. The first kappa shape index (κ1) is 26.2. The molecular weight excluding hydrogens is 476 g/mol. The number of benzene rings is 4. The summed E-state index contributed by atoms with van der Waals surface area (Å²) in [5.74, 6) is 0.890. The van der Waals surface area contributed by atoms with Crippen molar-refractivity contribution in [2.75, 3.05) is 21.3 Å². The van der Waals surface area contributed by atoms with Crippen LogP contribution < -0.4 is 21.3 Å². The van der Waals surface area contributed by atoms with E-state index in [0.717, 1.165) is 29.2 Å². The fourth-order valence-electron chi connectivity index (χ4n) is 5.28. The third-order valence-corrected chi connectivity index (χ3v) is 7.38. The number of nitrogens with two attached hydrogens (primary N) is 2. The standard InChI is InChI=1S/C33H32N4.C2H6/c1-22-3-11-26(12-4-22)36(27-13-5-23(2)6-14-27)32-19-20-33(31-21-30(31)32)37(28-15-7-24(34)8-16-28)29-17-9-25(35)10-18-29;1-2/h3-20,30-31H,21,34-35H2,1-2H3;1-2H3. The van der Waals surface area contributed by atoms with Crippen LogP contribution in [-0.2, 0) is 0 Å². The Morgan fingerprint density at radius 2 is 0.769 bits per heavy atom. The zero-order valence-electron chi connectivity index (χ0n) is 23.3. The fraction of sp³-hybridized carbons (Fsp3) is 0.200. The Hall–Kier alpha value is -4.44. The zero-order chi connectivity index (χ0) is 27.5. The fourth-order valence-corrected chi connectivity index (χ4v) is 5.28. The molecular formula is C35H38N4. The normalized spacial score (nSPS) is 17.1. The van der Waals surface area contributed by atoms with Gasteiger partial charge in [-0.1, -0.05) is 49.2 Å². The second-order valence-electron chi connectivity index (χ2n) is 10.2. The third-order valence-electron chi connectivity index (χ3n) is 7.38. The van der Waals surface area contributed by atoms with E-state index in [1.807, 2.05) is 38.1 Å². The second-order valence-corrected chi connectivity index (χ2v) is 10.2. The van der Waals surface area contributed by atoms with E-state index in [9.17, 15) is 0 Å². The number of nitrogens with zero attached hydrogens (tertiary/aromatic N) is 2. The summed E-state index contributed by atoms with van der Waals surface area (Å²) in [5.41, 5.74) is 23.3. The molecule has 2 aliphatic rings. The first-order valence-electron chi connectivity index (χ1n) is 13.8. The first-order chi connectivity index (χ1) is 19.0. The van der Waals surface area contributed by atoms with Gasteiger partial charge < -0.3 is 21.3 Å². The molecule has 0 aromatic heterocycles. The summed E-state index contributed by atoms with van der Waals surface area (Å²) in [6, 6.07) is 33.9. The van der Waals surface area contributed by atoms with Crippen molar-refractivity contribution >= 4 is 34.1 Å². The van der Waals surface area contributed by atoms with Gasteiger partial charge in [-0.3, -0.25) is 0 Å². The van der Waals surface area contributed by atoms with Gasteiger partial charge in [0, 0.05) is 57.4 Å². The van der Waals surface area contributed by atoms with Crippen molar-refractivity contribution in [3.8, 4) is 0 Å². The molecule has 2 unspecified atom stereocenters. The van der Waals surface area contributed by atoms with Crippen LogP contribution in [0.25, 0.3) is 0 Å². The summed E-state index contributed by atoms with van der Waals surface area (Å²) in [6.07, 6.45) is 5.72. The van der Waals surface area contributed by atoms with Gasteiger partial charge >= 0.3 is 0 Å². The molecule has 1 fully saturated rings. The van der Waals surface area contributed by atoms with E-state index in [4.69, 9.17) is 11.5 Å². The van der Waals surface area contributed by atoms with E-state index >= 15 is 0 Å². The summed E-state index contributed by atoms with van der Waals surface area (Å²) in [5, 5.41) is 0. The van der Waals surface area contributed by atoms with Gasteiger partial charge in [-0.25, -0.2) is 0 Å². The van der Waals surface area contributed by atoms with E-state index < -0.39 is 0 Å². The highest BCUT2D eigenvalue weighted by Gasteiger charge is 2.48. The molecule has 4 nitrogen and oxygen atoms in total. The molecule has 0 heterocycles. The average molecular weight is 515 g/mol. The van der Waals surface area contributed by atoms with Gasteiger partial charge in [-0.2, -0.15) is 0 Å². The molecule has 2 atom stereocenters. The molecule has 4 heteroatoms. The lowest BCUT2D eigenvalue weighted by Gasteiger charge is -2.33. The Morgan fingerprint density at radius 1 is 0.487 bits per heavy atom. The van der Waals surface area contributed by atoms with Crippen LogP contribution in [0.5, 0.6) is 0 Å². The van der Waals surface area contributed by atoms with Crippen LogP contribution in [0.4, 0.5) is 34.1 Å². The number of allylic oxidation sites excluding steroid dienone is 4. The van der Waals surface area contributed by atoms with Gasteiger partial charge in [0.25, 0.3) is 0 Å². The summed E-state index contributed by atoms with van der Waals surface area (Å²) >= 11 is 0. The highest BCUT2D eigenvalue weighted by Crippen LogP contribution is 2.56. The van der Waals surface area contributed by atoms with Gasteiger partial charge in [-0.05, 0) is 105 Å². The molecule has 198 valence electrons. The SMILES string of the molecule is CC.Cc1ccc(N(C2=CC=C(N(c3ccc(N)cc3)c3ccc(N)cc3)C3CC23)c2ccc(C)cc2)cc1. The maximum absolute atomic E-state index is 6.02. The van der Waals surface area contributed by atoms with Crippen LogP contribution in [-0.4, -0.2) is 0 Å².